The predicted molar refractivity (Wildman–Crippen MR) is 281 cm³/mol. The number of imidazole rings is 3. The lowest BCUT2D eigenvalue weighted by Gasteiger charge is -2.18. The number of aryl methyl sites for hydroxylation is 3. The summed E-state index contributed by atoms with van der Waals surface area (Å²) in [5, 5.41) is 10.9. The van der Waals surface area contributed by atoms with E-state index in [9.17, 15) is 33.9 Å². The predicted octanol–water partition coefficient (Wildman–Crippen LogP) is 8.45. The molecule has 3 aliphatic rings. The molecule has 6 heterocycles. The quantitative estimate of drug-likeness (QED) is 0.122. The smallest absolute Gasteiger partial charge is 0.358 e. The number of hydrogen-bond acceptors (Lipinski definition) is 12. The van der Waals surface area contributed by atoms with Crippen molar-refractivity contribution in [3.05, 3.63) is 139 Å². The molecule has 0 radical (unpaired) electrons. The number of amides is 3. The molecule has 0 bridgehead atoms. The second-order valence-corrected chi connectivity index (χ2v) is 18.4. The van der Waals surface area contributed by atoms with Crippen molar-refractivity contribution in [3.63, 3.8) is 0 Å². The highest BCUT2D eigenvalue weighted by Gasteiger charge is 2.33. The van der Waals surface area contributed by atoms with Crippen LogP contribution in [0.4, 0.5) is 17.5 Å². The van der Waals surface area contributed by atoms with Crippen LogP contribution in [0.1, 0.15) is 125 Å². The van der Waals surface area contributed by atoms with Gasteiger partial charge in [0.25, 0.3) is 17.7 Å². The van der Waals surface area contributed by atoms with Gasteiger partial charge in [-0.2, -0.15) is 0 Å². The highest BCUT2D eigenvalue weighted by Crippen LogP contribution is 2.31. The summed E-state index contributed by atoms with van der Waals surface area (Å²) in [7, 11) is 6.07. The number of carboxylic acids is 1. The number of ether oxygens (including phenoxy) is 2. The number of rotatable bonds is 10. The summed E-state index contributed by atoms with van der Waals surface area (Å²) >= 11 is 17.9. The first-order valence-electron chi connectivity index (χ1n) is 23.4. The van der Waals surface area contributed by atoms with E-state index in [1.165, 1.54) is 28.9 Å². The van der Waals surface area contributed by atoms with Crippen molar-refractivity contribution in [3.8, 4) is 0 Å². The Morgan fingerprint density at radius 3 is 1.19 bits per heavy atom. The van der Waals surface area contributed by atoms with Crippen LogP contribution >= 0.6 is 34.8 Å². The van der Waals surface area contributed by atoms with Crippen LogP contribution in [-0.4, -0.2) is 110 Å². The number of halogens is 3. The van der Waals surface area contributed by atoms with E-state index in [0.717, 1.165) is 75.3 Å². The number of hydrogen-bond donors (Lipinski definition) is 2. The van der Waals surface area contributed by atoms with Crippen molar-refractivity contribution in [2.45, 2.75) is 84.3 Å². The van der Waals surface area contributed by atoms with E-state index in [1.807, 2.05) is 9.13 Å². The fraction of sp³-hybridized carbons (Fsp3) is 0.353. The fourth-order valence-electron chi connectivity index (χ4n) is 8.76. The molecule has 0 saturated heterocycles. The van der Waals surface area contributed by atoms with E-state index in [-0.39, 0.29) is 47.5 Å². The summed E-state index contributed by atoms with van der Waals surface area (Å²) in [6.07, 6.45) is 8.15. The van der Waals surface area contributed by atoms with Gasteiger partial charge in [-0.3, -0.25) is 29.1 Å². The van der Waals surface area contributed by atoms with Crippen LogP contribution in [-0.2, 0) is 48.4 Å². The summed E-state index contributed by atoms with van der Waals surface area (Å²) in [5.74, 6) is 0.258. The number of methoxy groups -OCH3 is 1. The van der Waals surface area contributed by atoms with Crippen molar-refractivity contribution in [1.29, 1.82) is 0 Å². The molecule has 3 aromatic carbocycles. The summed E-state index contributed by atoms with van der Waals surface area (Å²) in [6, 6.07) is 19.9. The number of nitrogens with zero attached hydrogens (tertiary/aromatic N) is 9. The molecule has 20 nitrogen and oxygen atoms in total. The van der Waals surface area contributed by atoms with Gasteiger partial charge in [0.2, 0.25) is 0 Å². The van der Waals surface area contributed by atoms with Gasteiger partial charge in [-0.15, -0.1) is 0 Å². The van der Waals surface area contributed by atoms with Crippen LogP contribution in [0.25, 0.3) is 0 Å². The molecule has 9 rings (SSSR count). The highest BCUT2D eigenvalue weighted by molar-refractivity contribution is 6.32. The Morgan fingerprint density at radius 2 is 0.878 bits per heavy atom. The zero-order valence-electron chi connectivity index (χ0n) is 41.7. The van der Waals surface area contributed by atoms with Crippen LogP contribution in [0, 0.1) is 0 Å². The monoisotopic (exact) mass is 1080 g/mol. The van der Waals surface area contributed by atoms with E-state index >= 15 is 0 Å². The molecular formula is C51H59Cl3N10O10. The van der Waals surface area contributed by atoms with E-state index in [0.29, 0.717) is 74.4 Å². The Hall–Kier alpha value is -7.10. The third kappa shape index (κ3) is 12.6. The molecule has 0 spiro atoms. The van der Waals surface area contributed by atoms with Crippen LogP contribution in [0.5, 0.6) is 0 Å². The Labute approximate surface area is 442 Å². The molecule has 3 aliphatic heterocycles. The second-order valence-electron chi connectivity index (χ2n) is 17.1. The van der Waals surface area contributed by atoms with Crippen molar-refractivity contribution in [2.75, 3.05) is 49.6 Å². The number of anilines is 3. The van der Waals surface area contributed by atoms with Crippen LogP contribution in [0.2, 0.25) is 15.1 Å². The molecule has 0 fully saturated rings. The molecule has 3 aromatic heterocycles. The Bertz CT molecular complexity index is 3040. The van der Waals surface area contributed by atoms with Crippen LogP contribution in [0.15, 0.2) is 72.8 Å². The molecule has 6 N–H and O–H groups in total. The van der Waals surface area contributed by atoms with Crippen molar-refractivity contribution in [1.82, 2.24) is 34.8 Å². The van der Waals surface area contributed by atoms with Crippen LogP contribution in [0.3, 0.4) is 0 Å². The summed E-state index contributed by atoms with van der Waals surface area (Å²) < 4.78 is 15.5. The molecule has 74 heavy (non-hydrogen) atoms. The zero-order chi connectivity index (χ0) is 51.8. The van der Waals surface area contributed by atoms with Gasteiger partial charge in [0.05, 0.1) is 13.7 Å². The number of carboxylic acid groups (broad SMARTS) is 1. The zero-order valence-corrected chi connectivity index (χ0v) is 44.0. The lowest BCUT2D eigenvalue weighted by Crippen LogP contribution is -2.29. The minimum absolute atomic E-state index is 0. The molecule has 3 amide bonds. The highest BCUT2D eigenvalue weighted by atomic mass is 35.5. The van der Waals surface area contributed by atoms with Gasteiger partial charge >= 0.3 is 17.9 Å². The third-order valence-corrected chi connectivity index (χ3v) is 13.0. The molecular weight excluding hydrogens is 1020 g/mol. The van der Waals surface area contributed by atoms with Gasteiger partial charge < -0.3 is 39.9 Å². The molecule has 23 heteroatoms. The normalized spacial score (nSPS) is 13.0. The first kappa shape index (κ1) is 57.8. The maximum Gasteiger partial charge on any atom is 0.358 e. The number of esters is 2. The number of aromatic nitrogens is 6. The Morgan fingerprint density at radius 1 is 0.554 bits per heavy atom. The lowest BCUT2D eigenvalue weighted by atomic mass is 10.1. The fourth-order valence-corrected chi connectivity index (χ4v) is 9.33. The van der Waals surface area contributed by atoms with E-state index in [1.54, 1.807) is 98.4 Å². The van der Waals surface area contributed by atoms with Gasteiger partial charge in [-0.25, -0.2) is 29.3 Å². The first-order chi connectivity index (χ1) is 34.5. The number of fused-ring (bicyclic) bond motifs is 3. The van der Waals surface area contributed by atoms with E-state index < -0.39 is 17.9 Å². The van der Waals surface area contributed by atoms with Crippen molar-refractivity contribution < 1.29 is 48.8 Å². The van der Waals surface area contributed by atoms with Gasteiger partial charge in [-0.05, 0) is 100 Å². The Balaban J connectivity index is 0.000000203. The number of aromatic carboxylic acids is 1. The van der Waals surface area contributed by atoms with Gasteiger partial charge in [0.1, 0.15) is 17.5 Å². The lowest BCUT2D eigenvalue weighted by molar-refractivity contribution is 0.0511. The second kappa shape index (κ2) is 25.7. The topological polar surface area (TPSA) is 271 Å². The number of carbonyl (C=O) groups excluding carboxylic acids is 5. The van der Waals surface area contributed by atoms with Crippen molar-refractivity contribution in [2.24, 2.45) is 0 Å². The maximum absolute atomic E-state index is 12.8. The number of benzene rings is 3. The third-order valence-electron chi connectivity index (χ3n) is 12.3. The van der Waals surface area contributed by atoms with Gasteiger partial charge in [0.15, 0.2) is 34.5 Å². The summed E-state index contributed by atoms with van der Waals surface area (Å²) in [6.45, 7) is 4.04. The summed E-state index contributed by atoms with van der Waals surface area (Å²) in [4.78, 5) is 92.1. The van der Waals surface area contributed by atoms with E-state index in [2.05, 4.69) is 15.0 Å². The molecule has 0 unspecified atom stereocenters. The standard InChI is InChI=1S/C18H20ClN3O3.C17H18ClN3O3.C16H16ClN3O3.H3N.H2O/c1-3-25-18(24)15-16(20-14-9-4-5-10-22(14)15)21(2)17(23)12-7-6-8-13(19)11-12;1-20(16(22)11-6-5-7-12(18)10-11)15-14(17(23)24-2)21-9-4-3-8-13(21)19-15;1-19(15(21)10-5-4-6-11(17)9-10)14-13(16(22)23)20-8-3-2-7-12(20)18-14;;/h6-8,11H,3-5,9-10H2,1-2H3;5-7,10H,3-4,8-9H2,1-2H3;4-6,9H,2-3,7-8H2,1H3,(H,22,23);1H3;1H2. The summed E-state index contributed by atoms with van der Waals surface area (Å²) in [5.41, 5.74) is 2.00. The molecule has 394 valence electrons. The SMILES string of the molecule is CCOC(=O)c1c(N(C)C(=O)c2cccc(Cl)c2)nc2n1CCCC2.CN(C(=O)c1cccc(Cl)c1)c1nc2n(c1C(=O)O)CCCC2.COC(=O)c1c(N(C)C(=O)c2cccc(Cl)c2)nc2n1CCCC2.N.O. The molecule has 0 aliphatic carbocycles. The molecule has 0 atom stereocenters. The van der Waals surface area contributed by atoms with Gasteiger partial charge in [0, 0.05) is 91.8 Å². The maximum atomic E-state index is 12.8. The average Bonchev–Trinajstić information content (AvgIpc) is 4.10. The Kier molecular flexibility index (Phi) is 20.1. The van der Waals surface area contributed by atoms with Gasteiger partial charge in [-0.1, -0.05) is 53.0 Å². The first-order valence-corrected chi connectivity index (χ1v) is 24.6. The minimum atomic E-state index is -1.08. The van der Waals surface area contributed by atoms with E-state index in [4.69, 9.17) is 44.3 Å². The molecule has 0 saturated carbocycles. The molecule has 6 aromatic rings. The average molecular weight is 1080 g/mol. The minimum Gasteiger partial charge on any atom is -0.476 e. The van der Waals surface area contributed by atoms with Crippen molar-refractivity contribution >= 4 is 87.9 Å². The largest absolute Gasteiger partial charge is 0.476 e. The van der Waals surface area contributed by atoms with Crippen LogP contribution < -0.4 is 20.9 Å². The number of carbonyl (C=O) groups is 6.